The Morgan fingerprint density at radius 3 is 2.72 bits per heavy atom. The topological polar surface area (TPSA) is 106 Å². The molecule has 5 aromatic rings. The number of fused-ring (bicyclic) bond motifs is 1. The first kappa shape index (κ1) is 20.3. The van der Waals surface area contributed by atoms with Crippen molar-refractivity contribution < 1.29 is 14.3 Å². The number of rotatable bonds is 7. The van der Waals surface area contributed by atoms with Crippen LogP contribution in [-0.2, 0) is 11.3 Å². The zero-order chi connectivity index (χ0) is 21.9. The molecule has 0 atom stereocenters. The Balaban J connectivity index is 1.34. The molecule has 32 heavy (non-hydrogen) atoms. The number of anilines is 1. The van der Waals surface area contributed by atoms with Crippen molar-refractivity contribution in [1.29, 1.82) is 0 Å². The molecule has 2 N–H and O–H groups in total. The number of phenols is 1. The maximum Gasteiger partial charge on any atom is 0.236 e. The molecule has 2 aromatic carbocycles. The van der Waals surface area contributed by atoms with Crippen molar-refractivity contribution in [2.24, 2.45) is 0 Å². The van der Waals surface area contributed by atoms with E-state index in [1.807, 2.05) is 41.0 Å². The van der Waals surface area contributed by atoms with Gasteiger partial charge in [0.05, 0.1) is 28.8 Å². The number of nitrogens with zero attached hydrogens (tertiary/aromatic N) is 4. The number of thiazole rings is 1. The van der Waals surface area contributed by atoms with E-state index in [0.717, 1.165) is 21.5 Å². The fourth-order valence-electron chi connectivity index (χ4n) is 3.13. The van der Waals surface area contributed by atoms with Crippen LogP contribution >= 0.6 is 23.1 Å². The third-order valence-corrected chi connectivity index (χ3v) is 6.53. The van der Waals surface area contributed by atoms with Crippen molar-refractivity contribution in [3.8, 4) is 17.1 Å². The van der Waals surface area contributed by atoms with E-state index >= 15 is 0 Å². The summed E-state index contributed by atoms with van der Waals surface area (Å²) in [6.07, 6.45) is 1.61. The van der Waals surface area contributed by atoms with Crippen LogP contribution in [0.15, 0.2) is 76.5 Å². The molecule has 0 saturated carbocycles. The first-order valence-electron chi connectivity index (χ1n) is 9.69. The summed E-state index contributed by atoms with van der Waals surface area (Å²) in [5.74, 6) is 1.52. The van der Waals surface area contributed by atoms with Crippen LogP contribution in [0.4, 0.5) is 5.13 Å². The molecule has 0 aliphatic carbocycles. The maximum atomic E-state index is 12.5. The Hall–Kier alpha value is -3.63. The lowest BCUT2D eigenvalue weighted by molar-refractivity contribution is -0.113. The number of hydrogen-bond donors (Lipinski definition) is 2. The van der Waals surface area contributed by atoms with Gasteiger partial charge in [0.2, 0.25) is 5.91 Å². The van der Waals surface area contributed by atoms with Crippen LogP contribution < -0.4 is 5.32 Å². The zero-order valence-electron chi connectivity index (χ0n) is 16.6. The maximum absolute atomic E-state index is 12.5. The molecule has 8 nitrogen and oxygen atoms in total. The number of benzene rings is 2. The number of hydrogen-bond acceptors (Lipinski definition) is 8. The van der Waals surface area contributed by atoms with Gasteiger partial charge in [-0.05, 0) is 48.5 Å². The first-order valence-corrected chi connectivity index (χ1v) is 11.5. The summed E-state index contributed by atoms with van der Waals surface area (Å²) < 4.78 is 8.40. The molecule has 0 unspecified atom stereocenters. The number of carbonyl (C=O) groups is 1. The number of aromatic hydroxyl groups is 1. The predicted octanol–water partition coefficient (Wildman–Crippen LogP) is 4.63. The molecule has 5 rings (SSSR count). The SMILES string of the molecule is O=C(CSc1nnc(-c2ccc(O)cc2)n1Cc1ccco1)Nc1nc2ccccc2s1. The highest BCUT2D eigenvalue weighted by atomic mass is 32.2. The average Bonchev–Trinajstić information content (AvgIpc) is 3.53. The standard InChI is InChI=1S/C22H17N5O3S2/c28-15-9-7-14(8-10-15)20-25-26-22(27(20)12-16-4-3-11-30-16)31-13-19(29)24-21-23-17-5-1-2-6-18(17)32-21/h1-11,28H,12-13H2,(H,23,24,29). The van der Waals surface area contributed by atoms with E-state index < -0.39 is 0 Å². The highest BCUT2D eigenvalue weighted by molar-refractivity contribution is 7.99. The summed E-state index contributed by atoms with van der Waals surface area (Å²) in [5, 5.41) is 22.2. The first-order chi connectivity index (χ1) is 15.7. The molecule has 0 aliphatic heterocycles. The monoisotopic (exact) mass is 463 g/mol. The van der Waals surface area contributed by atoms with Crippen LogP contribution in [0.3, 0.4) is 0 Å². The molecule has 3 aromatic heterocycles. The van der Waals surface area contributed by atoms with Gasteiger partial charge < -0.3 is 14.8 Å². The van der Waals surface area contributed by atoms with Crippen molar-refractivity contribution in [2.45, 2.75) is 11.7 Å². The summed E-state index contributed by atoms with van der Waals surface area (Å²) in [6, 6.07) is 18.2. The second-order valence-electron chi connectivity index (χ2n) is 6.84. The molecule has 0 fully saturated rings. The Labute approximate surface area is 190 Å². The lowest BCUT2D eigenvalue weighted by Gasteiger charge is -2.09. The minimum Gasteiger partial charge on any atom is -0.508 e. The summed E-state index contributed by atoms with van der Waals surface area (Å²) in [4.78, 5) is 17.0. The van der Waals surface area contributed by atoms with E-state index in [4.69, 9.17) is 4.42 Å². The zero-order valence-corrected chi connectivity index (χ0v) is 18.3. The van der Waals surface area contributed by atoms with Crippen molar-refractivity contribution in [1.82, 2.24) is 19.7 Å². The molecule has 160 valence electrons. The van der Waals surface area contributed by atoms with E-state index in [0.29, 0.717) is 22.7 Å². The minimum absolute atomic E-state index is 0.155. The number of aromatic nitrogens is 4. The van der Waals surface area contributed by atoms with Gasteiger partial charge in [0, 0.05) is 5.56 Å². The highest BCUT2D eigenvalue weighted by Gasteiger charge is 2.17. The molecule has 3 heterocycles. The summed E-state index contributed by atoms with van der Waals surface area (Å²) >= 11 is 2.72. The summed E-state index contributed by atoms with van der Waals surface area (Å²) in [7, 11) is 0. The van der Waals surface area contributed by atoms with Crippen LogP contribution in [0.25, 0.3) is 21.6 Å². The van der Waals surface area contributed by atoms with Gasteiger partial charge in [-0.25, -0.2) is 4.98 Å². The van der Waals surface area contributed by atoms with Gasteiger partial charge >= 0.3 is 0 Å². The van der Waals surface area contributed by atoms with Gasteiger partial charge in [0.1, 0.15) is 11.5 Å². The number of furan rings is 1. The van der Waals surface area contributed by atoms with Gasteiger partial charge in [-0.3, -0.25) is 9.36 Å². The smallest absolute Gasteiger partial charge is 0.236 e. The lowest BCUT2D eigenvalue weighted by Crippen LogP contribution is -2.14. The van der Waals surface area contributed by atoms with Crippen molar-refractivity contribution in [2.75, 3.05) is 11.1 Å². The fraction of sp³-hybridized carbons (Fsp3) is 0.0909. The number of phenolic OH excluding ortho intramolecular Hbond substituents is 1. The van der Waals surface area contributed by atoms with Crippen LogP contribution in [-0.4, -0.2) is 36.5 Å². The summed E-state index contributed by atoms with van der Waals surface area (Å²) in [6.45, 7) is 0.415. The van der Waals surface area contributed by atoms with Crippen LogP contribution in [0, 0.1) is 0 Å². The van der Waals surface area contributed by atoms with E-state index in [1.165, 1.54) is 23.1 Å². The third kappa shape index (κ3) is 4.36. The molecule has 10 heteroatoms. The Kier molecular flexibility index (Phi) is 5.61. The Morgan fingerprint density at radius 1 is 1.09 bits per heavy atom. The molecular weight excluding hydrogens is 446 g/mol. The van der Waals surface area contributed by atoms with Crippen molar-refractivity contribution in [3.63, 3.8) is 0 Å². The Morgan fingerprint density at radius 2 is 1.94 bits per heavy atom. The van der Waals surface area contributed by atoms with Crippen LogP contribution in [0.5, 0.6) is 5.75 Å². The quantitative estimate of drug-likeness (QED) is 0.339. The van der Waals surface area contributed by atoms with Gasteiger partial charge in [-0.1, -0.05) is 35.2 Å². The number of para-hydroxylation sites is 1. The number of carbonyl (C=O) groups excluding carboxylic acids is 1. The Bertz CT molecular complexity index is 1330. The molecule has 0 bridgehead atoms. The fourth-order valence-corrected chi connectivity index (χ4v) is 4.75. The normalized spacial score (nSPS) is 11.1. The van der Waals surface area contributed by atoms with Crippen molar-refractivity contribution in [3.05, 3.63) is 72.7 Å². The molecule has 0 spiro atoms. The van der Waals surface area contributed by atoms with E-state index in [1.54, 1.807) is 30.5 Å². The van der Waals surface area contributed by atoms with Crippen molar-refractivity contribution >= 4 is 44.4 Å². The van der Waals surface area contributed by atoms with E-state index in [9.17, 15) is 9.90 Å². The van der Waals surface area contributed by atoms with E-state index in [2.05, 4.69) is 20.5 Å². The van der Waals surface area contributed by atoms with Crippen LogP contribution in [0.1, 0.15) is 5.76 Å². The van der Waals surface area contributed by atoms with Gasteiger partial charge in [0.15, 0.2) is 16.1 Å². The number of amides is 1. The average molecular weight is 464 g/mol. The van der Waals surface area contributed by atoms with Gasteiger partial charge in [-0.15, -0.1) is 10.2 Å². The number of nitrogens with one attached hydrogen (secondary N) is 1. The van der Waals surface area contributed by atoms with Gasteiger partial charge in [-0.2, -0.15) is 0 Å². The second-order valence-corrected chi connectivity index (χ2v) is 8.82. The highest BCUT2D eigenvalue weighted by Crippen LogP contribution is 2.28. The third-order valence-electron chi connectivity index (χ3n) is 4.61. The molecular formula is C22H17N5O3S2. The van der Waals surface area contributed by atoms with E-state index in [-0.39, 0.29) is 17.4 Å². The largest absolute Gasteiger partial charge is 0.508 e. The van der Waals surface area contributed by atoms with Crippen LogP contribution in [0.2, 0.25) is 0 Å². The molecule has 0 saturated heterocycles. The minimum atomic E-state index is -0.173. The summed E-state index contributed by atoms with van der Waals surface area (Å²) in [5.41, 5.74) is 1.66. The molecule has 1 amide bonds. The lowest BCUT2D eigenvalue weighted by atomic mass is 10.2. The predicted molar refractivity (Wildman–Crippen MR) is 124 cm³/mol. The molecule has 0 aliphatic rings. The molecule has 0 radical (unpaired) electrons. The second kappa shape index (κ2) is 8.85. The number of thioether (sulfide) groups is 1. The van der Waals surface area contributed by atoms with Gasteiger partial charge in [0.25, 0.3) is 0 Å².